The van der Waals surface area contributed by atoms with E-state index < -0.39 is 23.8 Å². The number of esters is 1. The highest BCUT2D eigenvalue weighted by Crippen LogP contribution is 2.12. The molecule has 7 nitrogen and oxygen atoms in total. The zero-order valence-corrected chi connectivity index (χ0v) is 10.1. The van der Waals surface area contributed by atoms with Crippen molar-refractivity contribution < 1.29 is 29.4 Å². The van der Waals surface area contributed by atoms with Crippen LogP contribution in [0.25, 0.3) is 0 Å². The topological polar surface area (TPSA) is 113 Å². The van der Waals surface area contributed by atoms with Crippen LogP contribution in [0, 0.1) is 5.92 Å². The lowest BCUT2D eigenvalue weighted by atomic mass is 9.97. The van der Waals surface area contributed by atoms with E-state index in [-0.39, 0.29) is 12.0 Å². The SMILES string of the molecule is COC(=O)c1cccc(CC(C(=O)O)C(=O)NO)c1. The monoisotopic (exact) mass is 267 g/mol. The number of carboxylic acids is 1. The Kier molecular flexibility index (Phi) is 5.01. The van der Waals surface area contributed by atoms with Gasteiger partial charge in [0.25, 0.3) is 5.91 Å². The molecule has 1 aromatic rings. The third kappa shape index (κ3) is 3.78. The van der Waals surface area contributed by atoms with Gasteiger partial charge in [0.05, 0.1) is 12.7 Å². The lowest BCUT2D eigenvalue weighted by molar-refractivity contribution is -0.150. The van der Waals surface area contributed by atoms with Crippen LogP contribution in [0.3, 0.4) is 0 Å². The highest BCUT2D eigenvalue weighted by molar-refractivity contribution is 5.96. The Bertz CT molecular complexity index is 499. The largest absolute Gasteiger partial charge is 0.481 e. The summed E-state index contributed by atoms with van der Waals surface area (Å²) in [6.45, 7) is 0. The molecule has 0 aliphatic heterocycles. The van der Waals surface area contributed by atoms with Gasteiger partial charge in [-0.1, -0.05) is 12.1 Å². The molecule has 1 atom stereocenters. The van der Waals surface area contributed by atoms with E-state index in [1.165, 1.54) is 24.7 Å². The van der Waals surface area contributed by atoms with Gasteiger partial charge < -0.3 is 9.84 Å². The molecule has 19 heavy (non-hydrogen) atoms. The number of rotatable bonds is 5. The maximum atomic E-state index is 11.3. The highest BCUT2D eigenvalue weighted by Gasteiger charge is 2.26. The fourth-order valence-corrected chi connectivity index (χ4v) is 1.55. The van der Waals surface area contributed by atoms with Crippen molar-refractivity contribution in [1.29, 1.82) is 0 Å². The number of ether oxygens (including phenoxy) is 1. The molecule has 0 heterocycles. The molecular weight excluding hydrogens is 254 g/mol. The van der Waals surface area contributed by atoms with E-state index in [0.29, 0.717) is 5.56 Å². The summed E-state index contributed by atoms with van der Waals surface area (Å²) in [6, 6.07) is 6.08. The van der Waals surface area contributed by atoms with Crippen LogP contribution in [-0.2, 0) is 20.7 Å². The van der Waals surface area contributed by atoms with Crippen LogP contribution in [0.5, 0.6) is 0 Å². The number of methoxy groups -OCH3 is 1. The quantitative estimate of drug-likeness (QED) is 0.304. The highest BCUT2D eigenvalue weighted by atomic mass is 16.5. The zero-order valence-electron chi connectivity index (χ0n) is 10.1. The first-order valence-electron chi connectivity index (χ1n) is 5.33. The minimum atomic E-state index is -1.43. The van der Waals surface area contributed by atoms with Crippen molar-refractivity contribution in [1.82, 2.24) is 5.48 Å². The summed E-state index contributed by atoms with van der Waals surface area (Å²) >= 11 is 0. The number of hydrogen-bond acceptors (Lipinski definition) is 5. The van der Waals surface area contributed by atoms with Crippen molar-refractivity contribution in [3.05, 3.63) is 35.4 Å². The lowest BCUT2D eigenvalue weighted by Crippen LogP contribution is -2.34. The average molecular weight is 267 g/mol. The molecule has 1 amide bonds. The number of nitrogens with one attached hydrogen (secondary N) is 1. The molecule has 0 radical (unpaired) electrons. The van der Waals surface area contributed by atoms with Crippen molar-refractivity contribution in [2.24, 2.45) is 5.92 Å². The van der Waals surface area contributed by atoms with Gasteiger partial charge in [0.2, 0.25) is 0 Å². The van der Waals surface area contributed by atoms with E-state index in [2.05, 4.69) is 4.74 Å². The van der Waals surface area contributed by atoms with Crippen LogP contribution in [0.2, 0.25) is 0 Å². The Balaban J connectivity index is 2.94. The number of hydrogen-bond donors (Lipinski definition) is 3. The van der Waals surface area contributed by atoms with Crippen LogP contribution in [0.15, 0.2) is 24.3 Å². The Morgan fingerprint density at radius 3 is 2.58 bits per heavy atom. The zero-order chi connectivity index (χ0) is 14.4. The molecule has 0 fully saturated rings. The summed E-state index contributed by atoms with van der Waals surface area (Å²) in [6.07, 6.45) is -0.146. The van der Waals surface area contributed by atoms with Gasteiger partial charge in [0.1, 0.15) is 5.92 Å². The molecule has 7 heteroatoms. The average Bonchev–Trinajstić information content (AvgIpc) is 2.43. The summed E-state index contributed by atoms with van der Waals surface area (Å²) in [5.41, 5.74) is 2.03. The van der Waals surface area contributed by atoms with E-state index in [4.69, 9.17) is 10.3 Å². The molecule has 0 aliphatic rings. The molecule has 0 aliphatic carbocycles. The first-order valence-corrected chi connectivity index (χ1v) is 5.33. The third-order valence-electron chi connectivity index (χ3n) is 2.51. The Morgan fingerprint density at radius 1 is 1.37 bits per heavy atom. The van der Waals surface area contributed by atoms with Crippen molar-refractivity contribution in [3.63, 3.8) is 0 Å². The number of carboxylic acid groups (broad SMARTS) is 1. The second-order valence-corrected chi connectivity index (χ2v) is 3.76. The van der Waals surface area contributed by atoms with Crippen LogP contribution in [0.1, 0.15) is 15.9 Å². The second kappa shape index (κ2) is 6.50. The predicted octanol–water partition coefficient (Wildman–Crippen LogP) is 0.222. The summed E-state index contributed by atoms with van der Waals surface area (Å²) in [7, 11) is 1.23. The number of aliphatic carboxylic acids is 1. The van der Waals surface area contributed by atoms with Crippen LogP contribution in [0.4, 0.5) is 0 Å². The number of carbonyl (C=O) groups excluding carboxylic acids is 2. The van der Waals surface area contributed by atoms with Gasteiger partial charge in [0.15, 0.2) is 0 Å². The van der Waals surface area contributed by atoms with Crippen molar-refractivity contribution in [2.45, 2.75) is 6.42 Å². The third-order valence-corrected chi connectivity index (χ3v) is 2.51. The van der Waals surface area contributed by atoms with E-state index >= 15 is 0 Å². The molecule has 0 spiro atoms. The first kappa shape index (κ1) is 14.7. The Labute approximate surface area is 108 Å². The fourth-order valence-electron chi connectivity index (χ4n) is 1.55. The molecule has 0 bridgehead atoms. The summed E-state index contributed by atoms with van der Waals surface area (Å²) in [4.78, 5) is 33.4. The molecular formula is C12H13NO6. The smallest absolute Gasteiger partial charge is 0.337 e. The van der Waals surface area contributed by atoms with Crippen LogP contribution < -0.4 is 5.48 Å². The van der Waals surface area contributed by atoms with Gasteiger partial charge in [-0.2, -0.15) is 0 Å². The fraction of sp³-hybridized carbons (Fsp3) is 0.250. The van der Waals surface area contributed by atoms with Crippen molar-refractivity contribution >= 4 is 17.8 Å². The molecule has 1 unspecified atom stereocenters. The second-order valence-electron chi connectivity index (χ2n) is 3.76. The van der Waals surface area contributed by atoms with Gasteiger partial charge in [-0.25, -0.2) is 10.3 Å². The van der Waals surface area contributed by atoms with Gasteiger partial charge >= 0.3 is 11.9 Å². The van der Waals surface area contributed by atoms with Crippen molar-refractivity contribution in [2.75, 3.05) is 7.11 Å². The minimum absolute atomic E-state index is 0.146. The van der Waals surface area contributed by atoms with Crippen molar-refractivity contribution in [3.8, 4) is 0 Å². The molecule has 0 aromatic heterocycles. The number of benzene rings is 1. The standard InChI is InChI=1S/C12H13NO6/c1-19-12(17)8-4-2-3-7(5-8)6-9(11(15)16)10(14)13-18/h2-5,9,18H,6H2,1H3,(H,13,14)(H,15,16). The lowest BCUT2D eigenvalue weighted by Gasteiger charge is -2.10. The van der Waals surface area contributed by atoms with Gasteiger partial charge in [-0.3, -0.25) is 14.8 Å². The molecule has 3 N–H and O–H groups in total. The molecule has 102 valence electrons. The van der Waals surface area contributed by atoms with E-state index in [1.54, 1.807) is 12.1 Å². The normalized spacial score (nSPS) is 11.5. The predicted molar refractivity (Wildman–Crippen MR) is 62.5 cm³/mol. The first-order chi connectivity index (χ1) is 8.99. The maximum absolute atomic E-state index is 11.3. The Hall–Kier alpha value is -2.41. The van der Waals surface area contributed by atoms with Gasteiger partial charge in [-0.15, -0.1) is 0 Å². The molecule has 1 aromatic carbocycles. The van der Waals surface area contributed by atoms with Crippen LogP contribution in [-0.4, -0.2) is 35.3 Å². The molecule has 0 saturated heterocycles. The summed E-state index contributed by atoms with van der Waals surface area (Å²) < 4.78 is 4.54. The van der Waals surface area contributed by atoms with Gasteiger partial charge in [-0.05, 0) is 24.1 Å². The molecule has 0 saturated carbocycles. The summed E-state index contributed by atoms with van der Waals surface area (Å²) in [5.74, 6) is -4.37. The summed E-state index contributed by atoms with van der Waals surface area (Å²) in [5, 5.41) is 17.4. The number of hydroxylamine groups is 1. The minimum Gasteiger partial charge on any atom is -0.481 e. The number of amides is 1. The Morgan fingerprint density at radius 2 is 2.05 bits per heavy atom. The number of carbonyl (C=O) groups is 3. The van der Waals surface area contributed by atoms with Crippen LogP contribution >= 0.6 is 0 Å². The van der Waals surface area contributed by atoms with E-state index in [1.807, 2.05) is 0 Å². The van der Waals surface area contributed by atoms with Gasteiger partial charge in [0, 0.05) is 0 Å². The maximum Gasteiger partial charge on any atom is 0.337 e. The molecule has 1 rings (SSSR count). The van der Waals surface area contributed by atoms with E-state index in [9.17, 15) is 14.4 Å². The van der Waals surface area contributed by atoms with E-state index in [0.717, 1.165) is 0 Å².